The van der Waals surface area contributed by atoms with Crippen LogP contribution >= 0.6 is 0 Å². The summed E-state index contributed by atoms with van der Waals surface area (Å²) in [6.45, 7) is 7.53. The Bertz CT molecular complexity index is 1000. The molecule has 1 aromatic rings. The van der Waals surface area contributed by atoms with E-state index in [9.17, 15) is 19.2 Å². The van der Waals surface area contributed by atoms with Gasteiger partial charge in [0, 0.05) is 5.69 Å². The monoisotopic (exact) mass is 469 g/mol. The Morgan fingerprint density at radius 3 is 2.53 bits per heavy atom. The highest BCUT2D eigenvalue weighted by atomic mass is 16.5. The Morgan fingerprint density at radius 1 is 1.18 bits per heavy atom. The van der Waals surface area contributed by atoms with Crippen LogP contribution in [0.4, 0.5) is 10.5 Å². The van der Waals surface area contributed by atoms with Gasteiger partial charge in [0.2, 0.25) is 0 Å². The number of hydrogen-bond acceptors (Lipinski definition) is 5. The van der Waals surface area contributed by atoms with Gasteiger partial charge in [0.15, 0.2) is 6.10 Å². The number of nitrogens with zero attached hydrogens (tertiary/aromatic N) is 1. The van der Waals surface area contributed by atoms with Crippen LogP contribution in [-0.4, -0.2) is 46.9 Å². The van der Waals surface area contributed by atoms with Crippen LogP contribution in [0.1, 0.15) is 70.9 Å². The molecule has 2 N–H and O–H groups in total. The predicted octanol–water partition coefficient (Wildman–Crippen LogP) is 3.57. The SMILES string of the molecule is C[C@@H](OC(=O)CN1C(=O)NC2(CCC(C(C)(C)C)CC2)C1=O)C(=O)Nc1ccc2c(c1)CCC2. The van der Waals surface area contributed by atoms with Crippen molar-refractivity contribution in [2.75, 3.05) is 11.9 Å². The number of imide groups is 1. The van der Waals surface area contributed by atoms with Crippen LogP contribution in [-0.2, 0) is 32.0 Å². The molecular weight excluding hydrogens is 434 g/mol. The third kappa shape index (κ3) is 4.81. The number of amides is 4. The largest absolute Gasteiger partial charge is 0.451 e. The van der Waals surface area contributed by atoms with Crippen LogP contribution in [0.25, 0.3) is 0 Å². The van der Waals surface area contributed by atoms with Gasteiger partial charge >= 0.3 is 12.0 Å². The summed E-state index contributed by atoms with van der Waals surface area (Å²) in [5, 5.41) is 5.60. The Morgan fingerprint density at radius 2 is 1.85 bits per heavy atom. The molecular formula is C26H35N3O5. The summed E-state index contributed by atoms with van der Waals surface area (Å²) in [6, 6.07) is 5.23. The van der Waals surface area contributed by atoms with Crippen molar-refractivity contribution in [2.45, 2.75) is 84.3 Å². The zero-order chi connectivity index (χ0) is 24.7. The second-order valence-electron chi connectivity index (χ2n) is 11.0. The van der Waals surface area contributed by atoms with Crippen molar-refractivity contribution < 1.29 is 23.9 Å². The molecule has 4 amide bonds. The number of benzene rings is 1. The summed E-state index contributed by atoms with van der Waals surface area (Å²) in [5.74, 6) is -1.15. The van der Waals surface area contributed by atoms with Crippen molar-refractivity contribution in [3.8, 4) is 0 Å². The average Bonchev–Trinajstić information content (AvgIpc) is 3.31. The molecule has 1 aromatic carbocycles. The van der Waals surface area contributed by atoms with Gasteiger partial charge < -0.3 is 15.4 Å². The molecule has 0 radical (unpaired) electrons. The third-order valence-electron chi connectivity index (χ3n) is 7.64. The van der Waals surface area contributed by atoms with Crippen molar-refractivity contribution in [2.24, 2.45) is 11.3 Å². The van der Waals surface area contributed by atoms with Crippen molar-refractivity contribution in [1.82, 2.24) is 10.2 Å². The van der Waals surface area contributed by atoms with Crippen molar-refractivity contribution in [3.05, 3.63) is 29.3 Å². The highest BCUT2D eigenvalue weighted by molar-refractivity contribution is 6.09. The molecule has 1 spiro atoms. The van der Waals surface area contributed by atoms with Crippen LogP contribution in [0.3, 0.4) is 0 Å². The Labute approximate surface area is 200 Å². The van der Waals surface area contributed by atoms with Gasteiger partial charge in [-0.2, -0.15) is 0 Å². The summed E-state index contributed by atoms with van der Waals surface area (Å²) in [5.41, 5.74) is 2.40. The van der Waals surface area contributed by atoms with E-state index in [2.05, 4.69) is 31.4 Å². The van der Waals surface area contributed by atoms with E-state index in [1.54, 1.807) is 0 Å². The fraction of sp³-hybridized carbons (Fsp3) is 0.615. The molecule has 8 nitrogen and oxygen atoms in total. The van der Waals surface area contributed by atoms with Gasteiger partial charge in [0.25, 0.3) is 11.8 Å². The predicted molar refractivity (Wildman–Crippen MR) is 127 cm³/mol. The number of carbonyl (C=O) groups is 4. The summed E-state index contributed by atoms with van der Waals surface area (Å²) in [7, 11) is 0. The lowest BCUT2D eigenvalue weighted by atomic mass is 9.67. The molecule has 1 saturated heterocycles. The van der Waals surface area contributed by atoms with E-state index in [1.807, 2.05) is 18.2 Å². The van der Waals surface area contributed by atoms with Gasteiger partial charge in [-0.1, -0.05) is 26.8 Å². The second-order valence-corrected chi connectivity index (χ2v) is 11.0. The summed E-state index contributed by atoms with van der Waals surface area (Å²) in [4.78, 5) is 51.6. The Kier molecular flexibility index (Phi) is 6.44. The number of esters is 1. The minimum atomic E-state index is -1.06. The molecule has 184 valence electrons. The molecule has 0 aromatic heterocycles. The van der Waals surface area contributed by atoms with Crippen molar-refractivity contribution >= 4 is 29.5 Å². The van der Waals surface area contributed by atoms with E-state index < -0.39 is 36.1 Å². The molecule has 4 rings (SSSR count). The number of hydrogen-bond donors (Lipinski definition) is 2. The Hall–Kier alpha value is -2.90. The molecule has 3 aliphatic rings. The molecule has 1 aliphatic heterocycles. The second kappa shape index (κ2) is 9.04. The number of aryl methyl sites for hydroxylation is 2. The molecule has 1 heterocycles. The minimum Gasteiger partial charge on any atom is -0.451 e. The van der Waals surface area contributed by atoms with E-state index in [1.165, 1.54) is 18.1 Å². The van der Waals surface area contributed by atoms with E-state index in [0.29, 0.717) is 24.4 Å². The number of anilines is 1. The normalized spacial score (nSPS) is 25.2. The number of urea groups is 1. The zero-order valence-electron chi connectivity index (χ0n) is 20.5. The zero-order valence-corrected chi connectivity index (χ0v) is 20.5. The highest BCUT2D eigenvalue weighted by Gasteiger charge is 2.53. The number of fused-ring (bicyclic) bond motifs is 1. The van der Waals surface area contributed by atoms with Crippen LogP contribution < -0.4 is 10.6 Å². The maximum atomic E-state index is 13.1. The van der Waals surface area contributed by atoms with E-state index in [0.717, 1.165) is 37.0 Å². The quantitative estimate of drug-likeness (QED) is 0.507. The van der Waals surface area contributed by atoms with E-state index in [-0.39, 0.29) is 11.3 Å². The lowest BCUT2D eigenvalue weighted by Gasteiger charge is -2.40. The topological polar surface area (TPSA) is 105 Å². The molecule has 2 fully saturated rings. The molecule has 1 saturated carbocycles. The first-order valence-electron chi connectivity index (χ1n) is 12.2. The lowest BCUT2D eigenvalue weighted by molar-refractivity contribution is -0.155. The maximum Gasteiger partial charge on any atom is 0.327 e. The summed E-state index contributed by atoms with van der Waals surface area (Å²) < 4.78 is 5.25. The number of ether oxygens (including phenoxy) is 1. The molecule has 2 aliphatic carbocycles. The first-order valence-corrected chi connectivity index (χ1v) is 12.2. The number of carbonyl (C=O) groups excluding carboxylic acids is 4. The van der Waals surface area contributed by atoms with Crippen LogP contribution in [0.5, 0.6) is 0 Å². The van der Waals surface area contributed by atoms with E-state index in [4.69, 9.17) is 4.74 Å². The molecule has 8 heteroatoms. The smallest absolute Gasteiger partial charge is 0.327 e. The average molecular weight is 470 g/mol. The van der Waals surface area contributed by atoms with Crippen LogP contribution in [0.2, 0.25) is 0 Å². The minimum absolute atomic E-state index is 0.146. The fourth-order valence-electron chi connectivity index (χ4n) is 5.45. The van der Waals surface area contributed by atoms with Gasteiger partial charge in [0.05, 0.1) is 0 Å². The molecule has 0 bridgehead atoms. The summed E-state index contributed by atoms with van der Waals surface area (Å²) in [6.07, 6.45) is 4.91. The van der Waals surface area contributed by atoms with Gasteiger partial charge in [-0.15, -0.1) is 0 Å². The van der Waals surface area contributed by atoms with Crippen molar-refractivity contribution in [3.63, 3.8) is 0 Å². The van der Waals surface area contributed by atoms with Gasteiger partial charge in [-0.05, 0) is 86.5 Å². The number of rotatable bonds is 5. The van der Waals surface area contributed by atoms with Crippen LogP contribution in [0, 0.1) is 11.3 Å². The standard InChI is InChI=1S/C26H35N3O5/c1-16(22(31)27-20-9-8-17-6-5-7-18(17)14-20)34-21(30)15-29-23(32)26(28-24(29)33)12-10-19(11-13-26)25(2,3)4/h8-9,14,16,19H,5-7,10-13,15H2,1-4H3,(H,27,31)(H,28,33)/t16-,19?,26?/m1/s1. The number of nitrogens with one attached hydrogen (secondary N) is 2. The highest BCUT2D eigenvalue weighted by Crippen LogP contribution is 2.43. The van der Waals surface area contributed by atoms with Gasteiger partial charge in [-0.3, -0.25) is 19.3 Å². The van der Waals surface area contributed by atoms with Crippen molar-refractivity contribution in [1.29, 1.82) is 0 Å². The molecule has 0 unspecified atom stereocenters. The molecule has 1 atom stereocenters. The van der Waals surface area contributed by atoms with Gasteiger partial charge in [0.1, 0.15) is 12.1 Å². The molecule has 34 heavy (non-hydrogen) atoms. The maximum absolute atomic E-state index is 13.1. The van der Waals surface area contributed by atoms with E-state index >= 15 is 0 Å². The third-order valence-corrected chi connectivity index (χ3v) is 7.64. The first-order chi connectivity index (χ1) is 16.0. The van der Waals surface area contributed by atoms with Gasteiger partial charge in [-0.25, -0.2) is 4.79 Å². The Balaban J connectivity index is 1.30. The van der Waals surface area contributed by atoms with Crippen LogP contribution in [0.15, 0.2) is 18.2 Å². The first kappa shape index (κ1) is 24.2. The lowest BCUT2D eigenvalue weighted by Crippen LogP contribution is -2.50. The summed E-state index contributed by atoms with van der Waals surface area (Å²) >= 11 is 0. The fourth-order valence-corrected chi connectivity index (χ4v) is 5.45.